The topological polar surface area (TPSA) is 82.6 Å². The number of aliphatic hydroxyl groups is 1. The van der Waals surface area contributed by atoms with Gasteiger partial charge in [0.15, 0.2) is 0 Å². The Bertz CT molecular complexity index is 1500. The van der Waals surface area contributed by atoms with Gasteiger partial charge in [-0.05, 0) is 60.4 Å². The molecule has 0 saturated carbocycles. The summed E-state index contributed by atoms with van der Waals surface area (Å²) < 4.78 is 19.1. The average molecular weight is 513 g/mol. The van der Waals surface area contributed by atoms with E-state index in [1.54, 1.807) is 42.6 Å². The van der Waals surface area contributed by atoms with Crippen LogP contribution in [-0.2, 0) is 16.0 Å². The van der Waals surface area contributed by atoms with E-state index in [2.05, 4.69) is 18.8 Å². The average Bonchev–Trinajstić information content (AvgIpc) is 3.45. The lowest BCUT2D eigenvalue weighted by Gasteiger charge is -2.25. The van der Waals surface area contributed by atoms with Gasteiger partial charge < -0.3 is 19.7 Å². The second-order valence-electron chi connectivity index (χ2n) is 9.89. The maximum Gasteiger partial charge on any atom is 0.295 e. The molecule has 3 aromatic carbocycles. The standard InChI is InChI=1S/C31H29FN2O4/c1-19(2)18-38-23-13-9-21(10-14-23)29(35)27-28(25-17-33-26-6-4-3-5-24(25)26)34(31(37)30(27)36)16-15-20-7-11-22(32)12-8-20/h3-14,17,19,28,33,35H,15-16,18H2,1-2H3/b29-27+. The molecule has 7 heteroatoms. The summed E-state index contributed by atoms with van der Waals surface area (Å²) in [7, 11) is 0. The molecule has 0 bridgehead atoms. The minimum atomic E-state index is -0.788. The quantitative estimate of drug-likeness (QED) is 0.172. The first-order valence-corrected chi connectivity index (χ1v) is 12.7. The van der Waals surface area contributed by atoms with Crippen LogP contribution in [0.3, 0.4) is 0 Å². The minimum absolute atomic E-state index is 0.0368. The van der Waals surface area contributed by atoms with Crippen molar-refractivity contribution in [2.45, 2.75) is 26.3 Å². The number of fused-ring (bicyclic) bond motifs is 1. The molecule has 194 valence electrons. The Morgan fingerprint density at radius 1 is 1.03 bits per heavy atom. The van der Waals surface area contributed by atoms with Gasteiger partial charge in [-0.25, -0.2) is 4.39 Å². The monoisotopic (exact) mass is 512 g/mol. The number of hydrogen-bond acceptors (Lipinski definition) is 4. The molecule has 1 fully saturated rings. The molecular weight excluding hydrogens is 483 g/mol. The number of H-pyrrole nitrogens is 1. The van der Waals surface area contributed by atoms with E-state index in [1.165, 1.54) is 17.0 Å². The molecule has 1 amide bonds. The van der Waals surface area contributed by atoms with E-state index in [4.69, 9.17) is 4.74 Å². The summed E-state index contributed by atoms with van der Waals surface area (Å²) in [5.41, 5.74) is 2.87. The van der Waals surface area contributed by atoms with Crippen LogP contribution in [0.5, 0.6) is 5.75 Å². The van der Waals surface area contributed by atoms with Crippen LogP contribution in [0.15, 0.2) is 84.6 Å². The number of aromatic amines is 1. The number of aromatic nitrogens is 1. The van der Waals surface area contributed by atoms with Crippen molar-refractivity contribution in [3.63, 3.8) is 0 Å². The summed E-state index contributed by atoms with van der Waals surface area (Å²) in [6, 6.07) is 19.7. The predicted molar refractivity (Wildman–Crippen MR) is 144 cm³/mol. The van der Waals surface area contributed by atoms with Crippen LogP contribution in [-0.4, -0.2) is 39.8 Å². The first kappa shape index (κ1) is 25.3. The van der Waals surface area contributed by atoms with Crippen molar-refractivity contribution in [2.24, 2.45) is 5.92 Å². The molecule has 2 N–H and O–H groups in total. The molecule has 0 radical (unpaired) electrons. The highest BCUT2D eigenvalue weighted by Crippen LogP contribution is 2.42. The Morgan fingerprint density at radius 3 is 2.45 bits per heavy atom. The van der Waals surface area contributed by atoms with Crippen molar-refractivity contribution < 1.29 is 23.8 Å². The predicted octanol–water partition coefficient (Wildman–Crippen LogP) is 6.01. The van der Waals surface area contributed by atoms with E-state index in [0.717, 1.165) is 22.0 Å². The second-order valence-corrected chi connectivity index (χ2v) is 9.89. The molecule has 1 saturated heterocycles. The van der Waals surface area contributed by atoms with Gasteiger partial charge in [0.05, 0.1) is 18.2 Å². The summed E-state index contributed by atoms with van der Waals surface area (Å²) >= 11 is 0. The zero-order valence-corrected chi connectivity index (χ0v) is 21.3. The van der Waals surface area contributed by atoms with Gasteiger partial charge in [-0.3, -0.25) is 9.59 Å². The van der Waals surface area contributed by atoms with Crippen LogP contribution in [0.1, 0.15) is 36.6 Å². The minimum Gasteiger partial charge on any atom is -0.507 e. The zero-order valence-electron chi connectivity index (χ0n) is 21.3. The number of halogens is 1. The van der Waals surface area contributed by atoms with Crippen LogP contribution in [0.4, 0.5) is 4.39 Å². The highest BCUT2D eigenvalue weighted by molar-refractivity contribution is 6.46. The van der Waals surface area contributed by atoms with Crippen LogP contribution >= 0.6 is 0 Å². The number of rotatable bonds is 8. The van der Waals surface area contributed by atoms with Gasteiger partial charge in [-0.2, -0.15) is 0 Å². The molecule has 38 heavy (non-hydrogen) atoms. The number of likely N-dealkylation sites (tertiary alicyclic amines) is 1. The summed E-state index contributed by atoms with van der Waals surface area (Å²) in [5, 5.41) is 12.2. The van der Waals surface area contributed by atoms with Crippen LogP contribution < -0.4 is 4.74 Å². The van der Waals surface area contributed by atoms with Crippen molar-refractivity contribution in [3.05, 3.63) is 107 Å². The molecule has 1 aromatic heterocycles. The molecular formula is C31H29FN2O4. The molecule has 1 aliphatic rings. The Labute approximate surface area is 220 Å². The van der Waals surface area contributed by atoms with Gasteiger partial charge in [0.2, 0.25) is 0 Å². The number of aliphatic hydroxyl groups excluding tert-OH is 1. The van der Waals surface area contributed by atoms with Gasteiger partial charge in [0, 0.05) is 34.8 Å². The van der Waals surface area contributed by atoms with Crippen LogP contribution in [0.25, 0.3) is 16.7 Å². The molecule has 1 unspecified atom stereocenters. The molecule has 2 heterocycles. The maximum atomic E-state index is 13.4. The van der Waals surface area contributed by atoms with Crippen molar-refractivity contribution in [1.82, 2.24) is 9.88 Å². The fraction of sp³-hybridized carbons (Fsp3) is 0.226. The molecule has 1 aliphatic heterocycles. The first-order chi connectivity index (χ1) is 18.3. The smallest absolute Gasteiger partial charge is 0.295 e. The van der Waals surface area contributed by atoms with Crippen molar-refractivity contribution in [3.8, 4) is 5.75 Å². The Morgan fingerprint density at radius 2 is 1.74 bits per heavy atom. The fourth-order valence-electron chi connectivity index (χ4n) is 4.78. The Balaban J connectivity index is 1.55. The lowest BCUT2D eigenvalue weighted by Crippen LogP contribution is -2.31. The Hall–Kier alpha value is -4.39. The van der Waals surface area contributed by atoms with E-state index in [1.807, 2.05) is 24.3 Å². The molecule has 5 rings (SSSR count). The maximum absolute atomic E-state index is 13.4. The second kappa shape index (κ2) is 10.5. The number of benzene rings is 3. The number of Topliss-reactive ketones (excluding diaryl/α,β-unsaturated/α-hetero) is 1. The number of ether oxygens (including phenoxy) is 1. The summed E-state index contributed by atoms with van der Waals surface area (Å²) in [5.74, 6) is -0.974. The number of carbonyl (C=O) groups is 2. The number of carbonyl (C=O) groups excluding carboxylic acids is 2. The van der Waals surface area contributed by atoms with Gasteiger partial charge in [-0.15, -0.1) is 0 Å². The summed E-state index contributed by atoms with van der Waals surface area (Å²) in [6.07, 6.45) is 2.20. The van der Waals surface area contributed by atoms with Gasteiger partial charge in [-0.1, -0.05) is 44.2 Å². The molecule has 0 spiro atoms. The van der Waals surface area contributed by atoms with E-state index in [0.29, 0.717) is 30.3 Å². The largest absolute Gasteiger partial charge is 0.507 e. The van der Waals surface area contributed by atoms with Gasteiger partial charge in [0.25, 0.3) is 11.7 Å². The molecule has 4 aromatic rings. The lowest BCUT2D eigenvalue weighted by atomic mass is 9.94. The first-order valence-electron chi connectivity index (χ1n) is 12.7. The number of nitrogens with zero attached hydrogens (tertiary/aromatic N) is 1. The number of nitrogens with one attached hydrogen (secondary N) is 1. The number of hydrogen-bond donors (Lipinski definition) is 2. The third kappa shape index (κ3) is 4.92. The van der Waals surface area contributed by atoms with E-state index >= 15 is 0 Å². The molecule has 6 nitrogen and oxygen atoms in total. The van der Waals surface area contributed by atoms with Crippen molar-refractivity contribution >= 4 is 28.4 Å². The van der Waals surface area contributed by atoms with Crippen LogP contribution in [0.2, 0.25) is 0 Å². The normalized spacial score (nSPS) is 17.1. The zero-order chi connectivity index (χ0) is 26.8. The SMILES string of the molecule is CC(C)COc1ccc(/C(O)=C2\C(=O)C(=O)N(CCc3ccc(F)cc3)C2c2c[nH]c3ccccc23)cc1. The third-order valence-corrected chi connectivity index (χ3v) is 6.72. The molecule has 0 aliphatic carbocycles. The highest BCUT2D eigenvalue weighted by atomic mass is 19.1. The van der Waals surface area contributed by atoms with E-state index in [9.17, 15) is 19.1 Å². The van der Waals surface area contributed by atoms with E-state index < -0.39 is 17.7 Å². The number of ketones is 1. The van der Waals surface area contributed by atoms with E-state index in [-0.39, 0.29) is 23.7 Å². The number of amides is 1. The lowest BCUT2D eigenvalue weighted by molar-refractivity contribution is -0.139. The number of para-hydroxylation sites is 1. The van der Waals surface area contributed by atoms with Crippen molar-refractivity contribution in [2.75, 3.05) is 13.2 Å². The Kier molecular flexibility index (Phi) is 7.01. The van der Waals surface area contributed by atoms with Crippen molar-refractivity contribution in [1.29, 1.82) is 0 Å². The summed E-state index contributed by atoms with van der Waals surface area (Å²) in [4.78, 5) is 31.4. The molecule has 1 atom stereocenters. The van der Waals surface area contributed by atoms with Crippen LogP contribution in [0, 0.1) is 11.7 Å². The highest BCUT2D eigenvalue weighted by Gasteiger charge is 2.46. The van der Waals surface area contributed by atoms with Gasteiger partial charge >= 0.3 is 0 Å². The summed E-state index contributed by atoms with van der Waals surface area (Å²) in [6.45, 7) is 4.89. The fourth-order valence-corrected chi connectivity index (χ4v) is 4.78. The van der Waals surface area contributed by atoms with Gasteiger partial charge in [0.1, 0.15) is 17.3 Å². The third-order valence-electron chi connectivity index (χ3n) is 6.72.